The number of hydrogen-bond donors (Lipinski definition) is 1. The normalized spacial score (nSPS) is 11.0. The summed E-state index contributed by atoms with van der Waals surface area (Å²) in [4.78, 5) is 10.6. The molecule has 23 heavy (non-hydrogen) atoms. The van der Waals surface area contributed by atoms with Crippen LogP contribution in [-0.2, 0) is 11.4 Å². The van der Waals surface area contributed by atoms with Crippen molar-refractivity contribution in [1.29, 1.82) is 0 Å². The molecule has 0 heterocycles. The molecule has 2 aromatic rings. The minimum atomic E-state index is -1.00. The van der Waals surface area contributed by atoms with Crippen LogP contribution in [0.25, 0.3) is 6.08 Å². The molecule has 0 saturated heterocycles. The second-order valence-electron chi connectivity index (χ2n) is 4.51. The van der Waals surface area contributed by atoms with Gasteiger partial charge in [-0.05, 0) is 67.8 Å². The van der Waals surface area contributed by atoms with Crippen molar-refractivity contribution in [3.8, 4) is 5.75 Å². The zero-order valence-electron chi connectivity index (χ0n) is 11.5. The van der Waals surface area contributed by atoms with Gasteiger partial charge in [0.05, 0.1) is 8.95 Å². The van der Waals surface area contributed by atoms with Crippen LogP contribution in [0.2, 0.25) is 10.0 Å². The highest BCUT2D eigenvalue weighted by Crippen LogP contribution is 2.36. The third kappa shape index (κ3) is 5.24. The van der Waals surface area contributed by atoms with Gasteiger partial charge in [-0.25, -0.2) is 4.79 Å². The first kappa shape index (κ1) is 18.3. The van der Waals surface area contributed by atoms with E-state index in [1.54, 1.807) is 30.3 Å². The van der Waals surface area contributed by atoms with E-state index in [1.165, 1.54) is 6.08 Å². The maximum atomic E-state index is 10.6. The minimum Gasteiger partial charge on any atom is -0.486 e. The lowest BCUT2D eigenvalue weighted by atomic mass is 10.2. The Kier molecular flexibility index (Phi) is 6.53. The van der Waals surface area contributed by atoms with E-state index in [-0.39, 0.29) is 6.61 Å². The van der Waals surface area contributed by atoms with Crippen molar-refractivity contribution in [3.63, 3.8) is 0 Å². The summed E-state index contributed by atoms with van der Waals surface area (Å²) in [5.41, 5.74) is 1.53. The number of halogens is 4. The maximum Gasteiger partial charge on any atom is 0.328 e. The van der Waals surface area contributed by atoms with Gasteiger partial charge in [0.1, 0.15) is 12.4 Å². The van der Waals surface area contributed by atoms with Gasteiger partial charge in [-0.1, -0.05) is 29.3 Å². The van der Waals surface area contributed by atoms with Gasteiger partial charge in [0.25, 0.3) is 0 Å². The van der Waals surface area contributed by atoms with Crippen LogP contribution in [0.1, 0.15) is 11.1 Å². The van der Waals surface area contributed by atoms with Crippen LogP contribution in [-0.4, -0.2) is 11.1 Å². The Morgan fingerprint density at radius 2 is 1.83 bits per heavy atom. The molecule has 0 bridgehead atoms. The molecule has 0 aliphatic rings. The lowest BCUT2D eigenvalue weighted by Crippen LogP contribution is -1.98. The van der Waals surface area contributed by atoms with Crippen molar-refractivity contribution in [1.82, 2.24) is 0 Å². The first-order valence-corrected chi connectivity index (χ1v) is 8.68. The summed E-state index contributed by atoms with van der Waals surface area (Å²) in [6, 6.07) is 8.74. The lowest BCUT2D eigenvalue weighted by Gasteiger charge is -2.12. The number of rotatable bonds is 5. The average Bonchev–Trinajstić information content (AvgIpc) is 2.46. The van der Waals surface area contributed by atoms with Crippen LogP contribution in [0.4, 0.5) is 0 Å². The second-order valence-corrected chi connectivity index (χ2v) is 7.06. The van der Waals surface area contributed by atoms with Crippen LogP contribution in [0.3, 0.4) is 0 Å². The zero-order chi connectivity index (χ0) is 17.0. The quantitative estimate of drug-likeness (QED) is 0.518. The summed E-state index contributed by atoms with van der Waals surface area (Å²) in [7, 11) is 0. The molecule has 0 atom stereocenters. The summed E-state index contributed by atoms with van der Waals surface area (Å²) in [5, 5.41) is 9.77. The summed E-state index contributed by atoms with van der Waals surface area (Å²) in [6.07, 6.45) is 2.57. The molecule has 0 fully saturated rings. The van der Waals surface area contributed by atoms with Crippen LogP contribution in [0, 0.1) is 0 Å². The number of aliphatic carboxylic acids is 1. The SMILES string of the molecule is O=C(O)/C=C/c1cc(Br)c(OCc2ccc(Cl)cc2Cl)c(Br)c1. The molecule has 7 heteroatoms. The Balaban J connectivity index is 2.18. The topological polar surface area (TPSA) is 46.5 Å². The van der Waals surface area contributed by atoms with Crippen molar-refractivity contribution in [2.24, 2.45) is 0 Å². The zero-order valence-corrected chi connectivity index (χ0v) is 16.2. The largest absolute Gasteiger partial charge is 0.486 e. The number of hydrogen-bond acceptors (Lipinski definition) is 2. The summed E-state index contributed by atoms with van der Waals surface area (Å²) in [6.45, 7) is 0.275. The van der Waals surface area contributed by atoms with E-state index in [0.29, 0.717) is 24.7 Å². The average molecular weight is 481 g/mol. The highest BCUT2D eigenvalue weighted by atomic mass is 79.9. The van der Waals surface area contributed by atoms with Crippen molar-refractivity contribution >= 4 is 67.1 Å². The molecule has 3 nitrogen and oxygen atoms in total. The third-order valence-corrected chi connectivity index (χ3v) is 4.59. The first-order valence-electron chi connectivity index (χ1n) is 6.33. The van der Waals surface area contributed by atoms with Crippen molar-refractivity contribution in [3.05, 3.63) is 66.5 Å². The molecule has 0 aliphatic carbocycles. The van der Waals surface area contributed by atoms with Gasteiger partial charge in [0.15, 0.2) is 0 Å². The molecular formula is C16H10Br2Cl2O3. The standard InChI is InChI=1S/C16H10Br2Cl2O3/c17-12-5-9(1-4-15(21)22)6-13(18)16(12)23-8-10-2-3-11(19)7-14(10)20/h1-7H,8H2,(H,21,22)/b4-1+. The molecule has 0 radical (unpaired) electrons. The molecule has 0 spiro atoms. The van der Waals surface area contributed by atoms with E-state index >= 15 is 0 Å². The molecule has 0 amide bonds. The molecule has 0 unspecified atom stereocenters. The van der Waals surface area contributed by atoms with E-state index in [2.05, 4.69) is 31.9 Å². The smallest absolute Gasteiger partial charge is 0.328 e. The fourth-order valence-corrected chi connectivity index (χ4v) is 3.68. The fourth-order valence-electron chi connectivity index (χ4n) is 1.77. The highest BCUT2D eigenvalue weighted by Gasteiger charge is 2.10. The van der Waals surface area contributed by atoms with Gasteiger partial charge < -0.3 is 9.84 Å². The second kappa shape index (κ2) is 8.20. The lowest BCUT2D eigenvalue weighted by molar-refractivity contribution is -0.131. The maximum absolute atomic E-state index is 10.6. The first-order chi connectivity index (χ1) is 10.9. The van der Waals surface area contributed by atoms with Crippen molar-refractivity contribution < 1.29 is 14.6 Å². The molecule has 0 aliphatic heterocycles. The molecule has 0 aromatic heterocycles. The van der Waals surface area contributed by atoms with Gasteiger partial charge >= 0.3 is 5.97 Å². The number of ether oxygens (including phenoxy) is 1. The summed E-state index contributed by atoms with van der Waals surface area (Å²) < 4.78 is 7.19. The van der Waals surface area contributed by atoms with Gasteiger partial charge in [0.2, 0.25) is 0 Å². The van der Waals surface area contributed by atoms with Crippen LogP contribution >= 0.6 is 55.1 Å². The minimum absolute atomic E-state index is 0.275. The van der Waals surface area contributed by atoms with Crippen molar-refractivity contribution in [2.45, 2.75) is 6.61 Å². The van der Waals surface area contributed by atoms with E-state index < -0.39 is 5.97 Å². The number of benzene rings is 2. The fraction of sp³-hybridized carbons (Fsp3) is 0.0625. The van der Waals surface area contributed by atoms with Crippen LogP contribution in [0.5, 0.6) is 5.75 Å². The van der Waals surface area contributed by atoms with E-state index in [4.69, 9.17) is 33.0 Å². The Hall–Kier alpha value is -1.01. The third-order valence-electron chi connectivity index (χ3n) is 2.83. The number of carbonyl (C=O) groups is 1. The number of carboxylic acids is 1. The van der Waals surface area contributed by atoms with E-state index in [9.17, 15) is 4.79 Å². The highest BCUT2D eigenvalue weighted by molar-refractivity contribution is 9.11. The predicted octanol–water partition coefficient (Wildman–Crippen LogP) is 6.20. The summed E-state index contributed by atoms with van der Waals surface area (Å²) >= 11 is 18.8. The van der Waals surface area contributed by atoms with Crippen LogP contribution < -0.4 is 4.74 Å². The monoisotopic (exact) mass is 478 g/mol. The molecular weight excluding hydrogens is 471 g/mol. The molecule has 1 N–H and O–H groups in total. The predicted molar refractivity (Wildman–Crippen MR) is 99.3 cm³/mol. The van der Waals surface area contributed by atoms with Gasteiger partial charge in [0, 0.05) is 21.7 Å². The van der Waals surface area contributed by atoms with E-state index in [0.717, 1.165) is 17.2 Å². The Bertz CT molecular complexity index is 753. The number of carboxylic acid groups (broad SMARTS) is 1. The Labute approximate surface area is 160 Å². The van der Waals surface area contributed by atoms with Gasteiger partial charge in [-0.3, -0.25) is 0 Å². The molecule has 120 valence electrons. The van der Waals surface area contributed by atoms with E-state index in [1.807, 2.05) is 0 Å². The van der Waals surface area contributed by atoms with Crippen LogP contribution in [0.15, 0.2) is 45.4 Å². The summed E-state index contributed by atoms with van der Waals surface area (Å²) in [5.74, 6) is -0.404. The van der Waals surface area contributed by atoms with Gasteiger partial charge in [-0.15, -0.1) is 0 Å². The van der Waals surface area contributed by atoms with Crippen molar-refractivity contribution in [2.75, 3.05) is 0 Å². The molecule has 0 saturated carbocycles. The Morgan fingerprint density at radius 1 is 1.17 bits per heavy atom. The molecule has 2 aromatic carbocycles. The Morgan fingerprint density at radius 3 is 2.39 bits per heavy atom. The van der Waals surface area contributed by atoms with Gasteiger partial charge in [-0.2, -0.15) is 0 Å². The molecule has 2 rings (SSSR count).